The molecule has 1 rings (SSSR count). The van der Waals surface area contributed by atoms with Crippen LogP contribution in [-0.4, -0.2) is 65.6 Å². The van der Waals surface area contributed by atoms with Gasteiger partial charge in [-0.1, -0.05) is 13.8 Å². The number of hydrogen-bond donors (Lipinski definition) is 3. The first-order valence-corrected chi connectivity index (χ1v) is 7.40. The van der Waals surface area contributed by atoms with Gasteiger partial charge in [0.05, 0.1) is 37.3 Å². The number of rotatable bonds is 6. The molecule has 0 spiro atoms. The van der Waals surface area contributed by atoms with Gasteiger partial charge in [0, 0.05) is 6.54 Å². The summed E-state index contributed by atoms with van der Waals surface area (Å²) < 4.78 is 5.38. The van der Waals surface area contributed by atoms with Gasteiger partial charge in [-0.3, -0.25) is 4.79 Å². The highest BCUT2D eigenvalue weighted by Crippen LogP contribution is 2.26. The minimum Gasteiger partial charge on any atom is -0.481 e. The molecule has 0 radical (unpaired) electrons. The zero-order valence-electron chi connectivity index (χ0n) is 13.0. The van der Waals surface area contributed by atoms with Crippen molar-refractivity contribution in [3.63, 3.8) is 0 Å². The normalized spacial score (nSPS) is 23.0. The smallest absolute Gasteiger partial charge is 0.317 e. The summed E-state index contributed by atoms with van der Waals surface area (Å²) in [6.07, 6.45) is 0.530. The molecule has 3 N–H and O–H groups in total. The molecule has 0 aromatic heterocycles. The van der Waals surface area contributed by atoms with Gasteiger partial charge in [-0.2, -0.15) is 0 Å². The molecule has 0 saturated carbocycles. The second-order valence-corrected chi connectivity index (χ2v) is 5.59. The number of aliphatic hydroxyl groups excluding tert-OH is 1. The Kier molecular flexibility index (Phi) is 6.42. The maximum absolute atomic E-state index is 12.3. The number of nitrogens with zero attached hydrogens (tertiary/aromatic N) is 1. The summed E-state index contributed by atoms with van der Waals surface area (Å²) in [7, 11) is 0. The number of carbonyl (C=O) groups excluding carboxylic acids is 1. The molecule has 0 aromatic carbocycles. The lowest BCUT2D eigenvalue weighted by Crippen LogP contribution is -2.56. The highest BCUT2D eigenvalue weighted by molar-refractivity contribution is 5.78. The van der Waals surface area contributed by atoms with E-state index in [0.29, 0.717) is 26.0 Å². The monoisotopic (exact) mass is 302 g/mol. The maximum atomic E-state index is 12.3. The summed E-state index contributed by atoms with van der Waals surface area (Å²) in [5.74, 6) is -0.893. The first-order valence-electron chi connectivity index (χ1n) is 7.40. The largest absolute Gasteiger partial charge is 0.481 e. The van der Waals surface area contributed by atoms with Gasteiger partial charge >= 0.3 is 12.0 Å². The van der Waals surface area contributed by atoms with Crippen molar-refractivity contribution in [2.24, 2.45) is 5.41 Å². The molecule has 122 valence electrons. The van der Waals surface area contributed by atoms with Crippen molar-refractivity contribution in [3.8, 4) is 0 Å². The van der Waals surface area contributed by atoms with E-state index in [1.165, 1.54) is 0 Å². The van der Waals surface area contributed by atoms with E-state index in [-0.39, 0.29) is 31.3 Å². The lowest BCUT2D eigenvalue weighted by molar-refractivity contribution is -0.149. The number of nitrogens with one attached hydrogen (secondary N) is 1. The van der Waals surface area contributed by atoms with Crippen molar-refractivity contribution in [1.82, 2.24) is 10.2 Å². The molecule has 1 saturated heterocycles. The van der Waals surface area contributed by atoms with E-state index >= 15 is 0 Å². The number of carboxylic acids is 1. The number of aliphatic carboxylic acids is 1. The quantitative estimate of drug-likeness (QED) is 0.669. The molecule has 7 heteroatoms. The molecule has 1 aliphatic heterocycles. The minimum atomic E-state index is -0.929. The Morgan fingerprint density at radius 3 is 2.48 bits per heavy atom. The molecule has 2 amide bonds. The molecule has 2 unspecified atom stereocenters. The third-order valence-electron chi connectivity index (χ3n) is 4.36. The fraction of sp³-hybridized carbons (Fsp3) is 0.857. The molecule has 21 heavy (non-hydrogen) atoms. The Balaban J connectivity index is 2.65. The molecule has 2 atom stereocenters. The average molecular weight is 302 g/mol. The van der Waals surface area contributed by atoms with Crippen molar-refractivity contribution in [2.75, 3.05) is 26.3 Å². The summed E-state index contributed by atoms with van der Waals surface area (Å²) in [4.78, 5) is 25.3. The number of carbonyl (C=O) groups is 2. The number of ether oxygens (including phenoxy) is 1. The zero-order valence-corrected chi connectivity index (χ0v) is 13.0. The second-order valence-electron chi connectivity index (χ2n) is 5.59. The van der Waals surface area contributed by atoms with Crippen LogP contribution in [0.5, 0.6) is 0 Å². The summed E-state index contributed by atoms with van der Waals surface area (Å²) >= 11 is 0. The molecule has 0 aromatic rings. The zero-order chi connectivity index (χ0) is 16.0. The summed E-state index contributed by atoms with van der Waals surface area (Å²) in [6.45, 7) is 6.11. The Morgan fingerprint density at radius 2 is 2.00 bits per heavy atom. The van der Waals surface area contributed by atoms with Crippen molar-refractivity contribution >= 4 is 12.0 Å². The van der Waals surface area contributed by atoms with E-state index < -0.39 is 11.4 Å². The number of morpholine rings is 1. The molecule has 1 heterocycles. The van der Waals surface area contributed by atoms with Gasteiger partial charge in [-0.05, 0) is 19.8 Å². The third-order valence-corrected chi connectivity index (χ3v) is 4.36. The van der Waals surface area contributed by atoms with Gasteiger partial charge in [-0.15, -0.1) is 0 Å². The van der Waals surface area contributed by atoms with Crippen molar-refractivity contribution in [1.29, 1.82) is 0 Å². The van der Waals surface area contributed by atoms with Crippen LogP contribution in [0.3, 0.4) is 0 Å². The van der Waals surface area contributed by atoms with Crippen LogP contribution in [0.1, 0.15) is 33.6 Å². The van der Waals surface area contributed by atoms with Gasteiger partial charge in [0.25, 0.3) is 0 Å². The van der Waals surface area contributed by atoms with E-state index in [1.807, 2.05) is 20.8 Å². The van der Waals surface area contributed by atoms with Gasteiger partial charge in [0.2, 0.25) is 0 Å². The van der Waals surface area contributed by atoms with Gasteiger partial charge in [-0.25, -0.2) is 4.79 Å². The number of amides is 2. The number of urea groups is 1. The van der Waals surface area contributed by atoms with E-state index in [4.69, 9.17) is 9.84 Å². The second kappa shape index (κ2) is 7.61. The Morgan fingerprint density at radius 1 is 1.38 bits per heavy atom. The number of carboxylic acid groups (broad SMARTS) is 1. The van der Waals surface area contributed by atoms with Gasteiger partial charge in [0.15, 0.2) is 0 Å². The summed E-state index contributed by atoms with van der Waals surface area (Å²) in [5.41, 5.74) is -0.929. The average Bonchev–Trinajstić information content (AvgIpc) is 2.48. The highest BCUT2D eigenvalue weighted by Gasteiger charge is 2.36. The van der Waals surface area contributed by atoms with E-state index in [1.54, 1.807) is 4.90 Å². The van der Waals surface area contributed by atoms with Crippen LogP contribution in [0.25, 0.3) is 0 Å². The molecule has 0 bridgehead atoms. The fourth-order valence-corrected chi connectivity index (χ4v) is 2.44. The molecular weight excluding hydrogens is 276 g/mol. The predicted octanol–water partition coefficient (Wildman–Crippen LogP) is 0.669. The first kappa shape index (κ1) is 17.7. The molecule has 1 aliphatic rings. The molecule has 0 aliphatic carbocycles. The van der Waals surface area contributed by atoms with E-state index in [0.717, 1.165) is 0 Å². The summed E-state index contributed by atoms with van der Waals surface area (Å²) in [5, 5.41) is 21.2. The Labute approximate surface area is 125 Å². The molecular formula is C14H26N2O5. The standard InChI is InChI=1S/C14H26N2O5/c1-4-14(5-2,12(18)19)9-15-13(20)16-6-11(7-17)21-8-10(16)3/h10-11,17H,4-9H2,1-3H3,(H,15,20)(H,18,19). The van der Waals surface area contributed by atoms with E-state index in [2.05, 4.69) is 5.32 Å². The predicted molar refractivity (Wildman–Crippen MR) is 77.0 cm³/mol. The molecule has 1 fully saturated rings. The van der Waals surface area contributed by atoms with Crippen LogP contribution in [0, 0.1) is 5.41 Å². The lowest BCUT2D eigenvalue weighted by Gasteiger charge is -2.38. The van der Waals surface area contributed by atoms with Gasteiger partial charge in [0.1, 0.15) is 0 Å². The summed E-state index contributed by atoms with van der Waals surface area (Å²) in [6, 6.07) is -0.410. The Bertz CT molecular complexity index is 370. The molecule has 7 nitrogen and oxygen atoms in total. The lowest BCUT2D eigenvalue weighted by atomic mass is 9.82. The van der Waals surface area contributed by atoms with Crippen molar-refractivity contribution in [3.05, 3.63) is 0 Å². The fourth-order valence-electron chi connectivity index (χ4n) is 2.44. The van der Waals surface area contributed by atoms with Crippen LogP contribution in [0.15, 0.2) is 0 Å². The first-order chi connectivity index (χ1) is 9.90. The number of hydrogen-bond acceptors (Lipinski definition) is 4. The minimum absolute atomic E-state index is 0.0992. The highest BCUT2D eigenvalue weighted by atomic mass is 16.5. The van der Waals surface area contributed by atoms with Crippen molar-refractivity contribution in [2.45, 2.75) is 45.8 Å². The SMILES string of the molecule is CCC(CC)(CNC(=O)N1CC(CO)OCC1C)C(=O)O. The van der Waals surface area contributed by atoms with Crippen LogP contribution in [0.4, 0.5) is 4.79 Å². The maximum Gasteiger partial charge on any atom is 0.317 e. The van der Waals surface area contributed by atoms with Crippen LogP contribution in [-0.2, 0) is 9.53 Å². The third kappa shape index (κ3) is 4.07. The van der Waals surface area contributed by atoms with Crippen LogP contribution in [0.2, 0.25) is 0 Å². The van der Waals surface area contributed by atoms with Crippen LogP contribution < -0.4 is 5.32 Å². The van der Waals surface area contributed by atoms with Crippen LogP contribution >= 0.6 is 0 Å². The topological polar surface area (TPSA) is 99.1 Å². The Hall–Kier alpha value is -1.34. The number of aliphatic hydroxyl groups is 1. The van der Waals surface area contributed by atoms with Crippen molar-refractivity contribution < 1.29 is 24.5 Å². The van der Waals surface area contributed by atoms with Gasteiger partial charge < -0.3 is 25.2 Å². The van der Waals surface area contributed by atoms with E-state index in [9.17, 15) is 14.7 Å².